The normalized spacial score (nSPS) is 15.6. The largest absolute Gasteiger partial charge is 0.478 e. The van der Waals surface area contributed by atoms with E-state index >= 15 is 0 Å². The number of aromatic carboxylic acids is 1. The maximum absolute atomic E-state index is 12.5. The van der Waals surface area contributed by atoms with E-state index in [1.807, 2.05) is 0 Å². The molecule has 110 valence electrons. The molecule has 1 aliphatic carbocycles. The van der Waals surface area contributed by atoms with Crippen molar-refractivity contribution < 1.29 is 18.3 Å². The number of carbonyl (C=O) groups is 1. The van der Waals surface area contributed by atoms with Gasteiger partial charge in [-0.15, -0.1) is 0 Å². The maximum Gasteiger partial charge on any atom is 0.336 e. The number of carboxylic acids is 1. The van der Waals surface area contributed by atoms with Gasteiger partial charge in [-0.3, -0.25) is 0 Å². The van der Waals surface area contributed by atoms with Crippen LogP contribution in [0.2, 0.25) is 0 Å². The van der Waals surface area contributed by atoms with Crippen molar-refractivity contribution in [3.05, 3.63) is 28.2 Å². The summed E-state index contributed by atoms with van der Waals surface area (Å²) in [5.74, 6) is -0.710. The third-order valence-corrected chi connectivity index (χ3v) is 5.95. The van der Waals surface area contributed by atoms with Crippen LogP contribution in [0.1, 0.15) is 30.1 Å². The Bertz CT molecular complexity index is 625. The predicted molar refractivity (Wildman–Crippen MR) is 78.3 cm³/mol. The summed E-state index contributed by atoms with van der Waals surface area (Å²) in [6.07, 6.45) is 2.12. The molecule has 0 unspecified atom stereocenters. The lowest BCUT2D eigenvalue weighted by molar-refractivity contribution is 0.0695. The molecular formula is C13H16BrNO4S. The van der Waals surface area contributed by atoms with Gasteiger partial charge in [-0.25, -0.2) is 13.2 Å². The number of hydrogen-bond acceptors (Lipinski definition) is 3. The molecule has 0 spiro atoms. The second-order valence-corrected chi connectivity index (χ2v) is 7.64. The Hall–Kier alpha value is -0.920. The van der Waals surface area contributed by atoms with E-state index in [4.69, 9.17) is 5.11 Å². The van der Waals surface area contributed by atoms with Crippen molar-refractivity contribution in [2.24, 2.45) is 5.92 Å². The first-order valence-electron chi connectivity index (χ1n) is 6.39. The Morgan fingerprint density at radius 2 is 2.10 bits per heavy atom. The van der Waals surface area contributed by atoms with E-state index in [2.05, 4.69) is 15.9 Å². The third kappa shape index (κ3) is 3.21. The molecule has 1 fully saturated rings. The average Bonchev–Trinajstić information content (AvgIpc) is 3.19. The Morgan fingerprint density at radius 3 is 2.60 bits per heavy atom. The quantitative estimate of drug-likeness (QED) is 0.844. The van der Waals surface area contributed by atoms with Gasteiger partial charge in [-0.2, -0.15) is 4.31 Å². The van der Waals surface area contributed by atoms with Crippen LogP contribution in [0.5, 0.6) is 0 Å². The van der Waals surface area contributed by atoms with Crippen LogP contribution in [0.15, 0.2) is 27.6 Å². The number of halogens is 1. The van der Waals surface area contributed by atoms with Gasteiger partial charge in [-0.1, -0.05) is 6.92 Å². The fraction of sp³-hybridized carbons (Fsp3) is 0.462. The van der Waals surface area contributed by atoms with Crippen molar-refractivity contribution in [2.75, 3.05) is 13.1 Å². The molecule has 0 aliphatic heterocycles. The fourth-order valence-electron chi connectivity index (χ4n) is 1.96. The van der Waals surface area contributed by atoms with Gasteiger partial charge in [0.25, 0.3) is 0 Å². The fourth-order valence-corrected chi connectivity index (χ4v) is 3.93. The molecule has 0 heterocycles. The van der Waals surface area contributed by atoms with Crippen molar-refractivity contribution in [1.29, 1.82) is 0 Å². The number of nitrogens with zero attached hydrogens (tertiary/aromatic N) is 1. The van der Waals surface area contributed by atoms with Gasteiger partial charge in [-0.05, 0) is 52.9 Å². The second-order valence-electron chi connectivity index (χ2n) is 4.85. The summed E-state index contributed by atoms with van der Waals surface area (Å²) in [5, 5.41) is 9.07. The van der Waals surface area contributed by atoms with Gasteiger partial charge in [0, 0.05) is 17.6 Å². The first kappa shape index (κ1) is 15.5. The molecule has 0 atom stereocenters. The van der Waals surface area contributed by atoms with Crippen LogP contribution in [0.25, 0.3) is 0 Å². The van der Waals surface area contributed by atoms with E-state index in [0.717, 1.165) is 12.8 Å². The Morgan fingerprint density at radius 1 is 1.45 bits per heavy atom. The lowest BCUT2D eigenvalue weighted by Crippen LogP contribution is -2.32. The van der Waals surface area contributed by atoms with Gasteiger partial charge in [0.1, 0.15) is 0 Å². The monoisotopic (exact) mass is 361 g/mol. The molecule has 0 radical (unpaired) electrons. The maximum atomic E-state index is 12.5. The second kappa shape index (κ2) is 5.83. The zero-order chi connectivity index (χ0) is 14.9. The molecule has 0 aromatic heterocycles. The minimum absolute atomic E-state index is 0.0283. The van der Waals surface area contributed by atoms with Gasteiger partial charge >= 0.3 is 5.97 Å². The number of rotatable bonds is 6. The molecule has 20 heavy (non-hydrogen) atoms. The van der Waals surface area contributed by atoms with Gasteiger partial charge in [0.2, 0.25) is 10.0 Å². The predicted octanol–water partition coefficient (Wildman–Crippen LogP) is 2.57. The van der Waals surface area contributed by atoms with Crippen molar-refractivity contribution in [3.63, 3.8) is 0 Å². The van der Waals surface area contributed by atoms with Gasteiger partial charge in [0.05, 0.1) is 10.5 Å². The van der Waals surface area contributed by atoms with Crippen LogP contribution >= 0.6 is 15.9 Å². The highest BCUT2D eigenvalue weighted by Gasteiger charge is 2.31. The molecule has 0 bridgehead atoms. The Balaban J connectivity index is 2.37. The molecular weight excluding hydrogens is 346 g/mol. The minimum Gasteiger partial charge on any atom is -0.478 e. The number of sulfonamides is 1. The highest BCUT2D eigenvalue weighted by atomic mass is 79.9. The van der Waals surface area contributed by atoms with E-state index in [0.29, 0.717) is 23.5 Å². The highest BCUT2D eigenvalue weighted by Crippen LogP contribution is 2.32. The molecule has 1 aromatic carbocycles. The Labute approximate surface area is 126 Å². The molecule has 2 rings (SSSR count). The van der Waals surface area contributed by atoms with Crippen molar-refractivity contribution in [1.82, 2.24) is 4.31 Å². The number of carboxylic acid groups (broad SMARTS) is 1. The standard InChI is InChI=1S/C13H16BrNO4S/c1-2-15(8-9-3-4-9)20(18,19)10-5-6-12(14)11(7-10)13(16)17/h5-7,9H,2-4,8H2,1H3,(H,16,17). The van der Waals surface area contributed by atoms with Crippen molar-refractivity contribution in [2.45, 2.75) is 24.7 Å². The van der Waals surface area contributed by atoms with E-state index < -0.39 is 16.0 Å². The van der Waals surface area contributed by atoms with Crippen LogP contribution in [0.3, 0.4) is 0 Å². The van der Waals surface area contributed by atoms with E-state index in [1.165, 1.54) is 22.5 Å². The summed E-state index contributed by atoms with van der Waals surface area (Å²) >= 11 is 3.11. The lowest BCUT2D eigenvalue weighted by atomic mass is 10.2. The topological polar surface area (TPSA) is 74.7 Å². The zero-order valence-corrected chi connectivity index (χ0v) is 13.4. The zero-order valence-electron chi connectivity index (χ0n) is 11.0. The molecule has 7 heteroatoms. The van der Waals surface area contributed by atoms with Crippen LogP contribution in [-0.2, 0) is 10.0 Å². The summed E-state index contributed by atoms with van der Waals surface area (Å²) in [4.78, 5) is 11.1. The average molecular weight is 362 g/mol. The summed E-state index contributed by atoms with van der Waals surface area (Å²) < 4.78 is 26.8. The van der Waals surface area contributed by atoms with Crippen molar-refractivity contribution in [3.8, 4) is 0 Å². The summed E-state index contributed by atoms with van der Waals surface area (Å²) in [5.41, 5.74) is -0.0476. The third-order valence-electron chi connectivity index (χ3n) is 3.32. The van der Waals surface area contributed by atoms with E-state index in [1.54, 1.807) is 6.92 Å². The van der Waals surface area contributed by atoms with Crippen LogP contribution in [-0.4, -0.2) is 36.9 Å². The summed E-state index contributed by atoms with van der Waals surface area (Å²) in [6.45, 7) is 2.69. The smallest absolute Gasteiger partial charge is 0.336 e. The van der Waals surface area contributed by atoms with E-state index in [-0.39, 0.29) is 10.5 Å². The van der Waals surface area contributed by atoms with Gasteiger partial charge < -0.3 is 5.11 Å². The lowest BCUT2D eigenvalue weighted by Gasteiger charge is -2.20. The van der Waals surface area contributed by atoms with Crippen LogP contribution in [0, 0.1) is 5.92 Å². The molecule has 0 amide bonds. The first-order chi connectivity index (χ1) is 9.36. The molecule has 1 N–H and O–H groups in total. The number of benzene rings is 1. The van der Waals surface area contributed by atoms with Crippen LogP contribution in [0.4, 0.5) is 0 Å². The molecule has 1 aliphatic rings. The molecule has 1 saturated carbocycles. The van der Waals surface area contributed by atoms with E-state index in [9.17, 15) is 13.2 Å². The van der Waals surface area contributed by atoms with Crippen molar-refractivity contribution >= 4 is 31.9 Å². The summed E-state index contributed by atoms with van der Waals surface area (Å²) in [7, 11) is -3.63. The first-order valence-corrected chi connectivity index (χ1v) is 8.62. The molecule has 0 saturated heterocycles. The molecule has 5 nitrogen and oxygen atoms in total. The molecule has 1 aromatic rings. The van der Waals surface area contributed by atoms with Crippen LogP contribution < -0.4 is 0 Å². The number of hydrogen-bond donors (Lipinski definition) is 1. The highest BCUT2D eigenvalue weighted by molar-refractivity contribution is 9.10. The SMILES string of the molecule is CCN(CC1CC1)S(=O)(=O)c1ccc(Br)c(C(=O)O)c1. The summed E-state index contributed by atoms with van der Waals surface area (Å²) in [6, 6.07) is 4.10. The van der Waals surface area contributed by atoms with Gasteiger partial charge in [0.15, 0.2) is 0 Å². The Kier molecular flexibility index (Phi) is 4.51. The minimum atomic E-state index is -3.63.